The summed E-state index contributed by atoms with van der Waals surface area (Å²) in [5, 5.41) is 18.4. The molecule has 1 heterocycles. The van der Waals surface area contributed by atoms with Gasteiger partial charge in [-0.05, 0) is 26.7 Å². The average Bonchev–Trinajstić information content (AvgIpc) is 2.28. The lowest BCUT2D eigenvalue weighted by atomic mass is 10.1. The number of β-amino-alcohol motifs (C(OH)–C–C–N with tert-alkyl or cyclic N) is 1. The molecule has 0 spiro atoms. The molecule has 0 saturated carbocycles. The van der Waals surface area contributed by atoms with Gasteiger partial charge in [0.2, 0.25) is 5.91 Å². The molecule has 0 radical (unpaired) electrons. The molecule has 0 aromatic rings. The lowest BCUT2D eigenvalue weighted by Gasteiger charge is -2.37. The maximum absolute atomic E-state index is 11.8. The normalized spacial score (nSPS) is 18.1. The summed E-state index contributed by atoms with van der Waals surface area (Å²) in [4.78, 5) is 15.9. The molecule has 1 aliphatic rings. The van der Waals surface area contributed by atoms with E-state index in [0.717, 1.165) is 32.6 Å². The van der Waals surface area contributed by atoms with E-state index in [-0.39, 0.29) is 12.5 Å². The quantitative estimate of drug-likeness (QED) is 0.662. The highest BCUT2D eigenvalue weighted by Gasteiger charge is 2.24. The summed E-state index contributed by atoms with van der Waals surface area (Å²) in [5.41, 5.74) is -0.673. The van der Waals surface area contributed by atoms with Crippen molar-refractivity contribution in [3.63, 3.8) is 0 Å². The Kier molecular flexibility index (Phi) is 6.05. The zero-order valence-electron chi connectivity index (χ0n) is 11.6. The fourth-order valence-electron chi connectivity index (χ4n) is 2.25. The van der Waals surface area contributed by atoms with Gasteiger partial charge in [0, 0.05) is 45.8 Å². The summed E-state index contributed by atoms with van der Waals surface area (Å²) in [5.74, 6) is 0.186. The van der Waals surface area contributed by atoms with Gasteiger partial charge in [0.1, 0.15) is 0 Å². The highest BCUT2D eigenvalue weighted by molar-refractivity contribution is 5.76. The Morgan fingerprint density at radius 2 is 1.78 bits per heavy atom. The third-order valence-electron chi connectivity index (χ3n) is 3.13. The lowest BCUT2D eigenvalue weighted by Crippen LogP contribution is -2.51. The van der Waals surface area contributed by atoms with Gasteiger partial charge in [0.15, 0.2) is 0 Å². The number of aliphatic hydroxyl groups excluding tert-OH is 1. The standard InChI is InChI=1S/C13H26N2O3/c1-13(2,18)11-14-6-8-15(9-7-14)12(17)5-3-4-10-16/h16,18H,3-11H2,1-2H3. The van der Waals surface area contributed by atoms with Crippen molar-refractivity contribution >= 4 is 5.91 Å². The number of carbonyl (C=O) groups is 1. The Balaban J connectivity index is 2.24. The summed E-state index contributed by atoms with van der Waals surface area (Å²) in [7, 11) is 0. The van der Waals surface area contributed by atoms with Crippen LogP contribution in [0, 0.1) is 0 Å². The predicted octanol–water partition coefficient (Wildman–Crippen LogP) is 0.0641. The predicted molar refractivity (Wildman–Crippen MR) is 70.3 cm³/mol. The Hall–Kier alpha value is -0.650. The van der Waals surface area contributed by atoms with Crippen molar-refractivity contribution in [1.82, 2.24) is 9.80 Å². The van der Waals surface area contributed by atoms with Gasteiger partial charge in [-0.3, -0.25) is 9.69 Å². The van der Waals surface area contributed by atoms with Crippen LogP contribution in [-0.4, -0.2) is 70.9 Å². The molecule has 0 bridgehead atoms. The van der Waals surface area contributed by atoms with E-state index in [0.29, 0.717) is 19.4 Å². The first-order chi connectivity index (χ1) is 8.42. The fraction of sp³-hybridized carbons (Fsp3) is 0.923. The molecule has 5 heteroatoms. The first kappa shape index (κ1) is 15.4. The first-order valence-corrected chi connectivity index (χ1v) is 6.76. The van der Waals surface area contributed by atoms with Crippen LogP contribution in [0.25, 0.3) is 0 Å². The Morgan fingerprint density at radius 1 is 1.17 bits per heavy atom. The van der Waals surface area contributed by atoms with Gasteiger partial charge < -0.3 is 15.1 Å². The number of piperazine rings is 1. The van der Waals surface area contributed by atoms with Gasteiger partial charge in [0.25, 0.3) is 0 Å². The number of unbranched alkanes of at least 4 members (excludes halogenated alkanes) is 1. The van der Waals surface area contributed by atoms with E-state index in [9.17, 15) is 9.90 Å². The minimum absolute atomic E-state index is 0.159. The van der Waals surface area contributed by atoms with Crippen LogP contribution >= 0.6 is 0 Å². The van der Waals surface area contributed by atoms with Gasteiger partial charge in [-0.2, -0.15) is 0 Å². The molecule has 5 nitrogen and oxygen atoms in total. The molecule has 1 aliphatic heterocycles. The van der Waals surface area contributed by atoms with Crippen molar-refractivity contribution in [1.29, 1.82) is 0 Å². The van der Waals surface area contributed by atoms with E-state index in [1.807, 2.05) is 4.90 Å². The Bertz CT molecular complexity index is 255. The number of rotatable bonds is 6. The van der Waals surface area contributed by atoms with Gasteiger partial charge in [-0.25, -0.2) is 0 Å². The molecule has 1 saturated heterocycles. The molecule has 106 valence electrons. The molecule has 18 heavy (non-hydrogen) atoms. The largest absolute Gasteiger partial charge is 0.396 e. The molecular formula is C13H26N2O3. The van der Waals surface area contributed by atoms with Crippen LogP contribution in [0.2, 0.25) is 0 Å². The molecule has 0 aliphatic carbocycles. The Morgan fingerprint density at radius 3 is 2.28 bits per heavy atom. The van der Waals surface area contributed by atoms with Crippen molar-refractivity contribution in [3.8, 4) is 0 Å². The van der Waals surface area contributed by atoms with Crippen LogP contribution in [0.4, 0.5) is 0 Å². The van der Waals surface area contributed by atoms with Gasteiger partial charge in [0.05, 0.1) is 5.60 Å². The summed E-state index contributed by atoms with van der Waals surface area (Å²) in [6.07, 6.45) is 2.00. The summed E-state index contributed by atoms with van der Waals surface area (Å²) in [6.45, 7) is 7.57. The average molecular weight is 258 g/mol. The van der Waals surface area contributed by atoms with Crippen LogP contribution in [0.3, 0.4) is 0 Å². The second-order valence-electron chi connectivity index (χ2n) is 5.65. The number of carbonyl (C=O) groups excluding carboxylic acids is 1. The topological polar surface area (TPSA) is 64.0 Å². The maximum Gasteiger partial charge on any atom is 0.222 e. The maximum atomic E-state index is 11.8. The van der Waals surface area contributed by atoms with Crippen LogP contribution < -0.4 is 0 Å². The monoisotopic (exact) mass is 258 g/mol. The van der Waals surface area contributed by atoms with Crippen molar-refractivity contribution in [2.24, 2.45) is 0 Å². The molecular weight excluding hydrogens is 232 g/mol. The van der Waals surface area contributed by atoms with E-state index in [2.05, 4.69) is 4.90 Å². The third kappa shape index (κ3) is 5.80. The minimum atomic E-state index is -0.673. The lowest BCUT2D eigenvalue weighted by molar-refractivity contribution is -0.133. The highest BCUT2D eigenvalue weighted by atomic mass is 16.3. The van der Waals surface area contributed by atoms with Crippen LogP contribution in [0.15, 0.2) is 0 Å². The van der Waals surface area contributed by atoms with Gasteiger partial charge in [-0.15, -0.1) is 0 Å². The smallest absolute Gasteiger partial charge is 0.222 e. The van der Waals surface area contributed by atoms with E-state index in [1.165, 1.54) is 0 Å². The molecule has 0 aromatic carbocycles. The van der Waals surface area contributed by atoms with Crippen LogP contribution in [0.1, 0.15) is 33.1 Å². The molecule has 2 N–H and O–H groups in total. The molecule has 1 fully saturated rings. The van der Waals surface area contributed by atoms with Crippen molar-refractivity contribution in [3.05, 3.63) is 0 Å². The second kappa shape index (κ2) is 7.07. The zero-order valence-corrected chi connectivity index (χ0v) is 11.6. The number of hydrogen-bond acceptors (Lipinski definition) is 4. The number of amides is 1. The van der Waals surface area contributed by atoms with Crippen molar-refractivity contribution in [2.75, 3.05) is 39.3 Å². The van der Waals surface area contributed by atoms with E-state index in [4.69, 9.17) is 5.11 Å². The van der Waals surface area contributed by atoms with Crippen LogP contribution in [0.5, 0.6) is 0 Å². The third-order valence-corrected chi connectivity index (χ3v) is 3.13. The second-order valence-corrected chi connectivity index (χ2v) is 5.65. The molecule has 1 rings (SSSR count). The van der Waals surface area contributed by atoms with Crippen LogP contribution in [-0.2, 0) is 4.79 Å². The van der Waals surface area contributed by atoms with E-state index < -0.39 is 5.60 Å². The van der Waals surface area contributed by atoms with Gasteiger partial charge in [-0.1, -0.05) is 0 Å². The van der Waals surface area contributed by atoms with E-state index >= 15 is 0 Å². The minimum Gasteiger partial charge on any atom is -0.396 e. The summed E-state index contributed by atoms with van der Waals surface area (Å²) in [6, 6.07) is 0. The van der Waals surface area contributed by atoms with Gasteiger partial charge >= 0.3 is 0 Å². The first-order valence-electron chi connectivity index (χ1n) is 6.76. The summed E-state index contributed by atoms with van der Waals surface area (Å²) < 4.78 is 0. The van der Waals surface area contributed by atoms with E-state index in [1.54, 1.807) is 13.8 Å². The number of hydrogen-bond donors (Lipinski definition) is 2. The molecule has 0 unspecified atom stereocenters. The summed E-state index contributed by atoms with van der Waals surface area (Å²) >= 11 is 0. The SMILES string of the molecule is CC(C)(O)CN1CCN(C(=O)CCCCO)CC1. The van der Waals surface area contributed by atoms with Crippen molar-refractivity contribution < 1.29 is 15.0 Å². The highest BCUT2D eigenvalue weighted by Crippen LogP contribution is 2.10. The van der Waals surface area contributed by atoms with Crippen molar-refractivity contribution in [2.45, 2.75) is 38.7 Å². The Labute approximate surface area is 109 Å². The molecule has 0 aromatic heterocycles. The number of nitrogens with zero attached hydrogens (tertiary/aromatic N) is 2. The number of aliphatic hydroxyl groups is 2. The fourth-order valence-corrected chi connectivity index (χ4v) is 2.25. The molecule has 0 atom stereocenters. The zero-order chi connectivity index (χ0) is 13.6. The molecule has 1 amide bonds.